The number of rotatable bonds is 2. The first-order valence-electron chi connectivity index (χ1n) is 5.66. The van der Waals surface area contributed by atoms with Gasteiger partial charge in [-0.05, 0) is 6.92 Å². The highest BCUT2D eigenvalue weighted by atomic mass is 16.5. The summed E-state index contributed by atoms with van der Waals surface area (Å²) in [5.41, 5.74) is 8.03. The van der Waals surface area contributed by atoms with Gasteiger partial charge in [-0.3, -0.25) is 4.79 Å². The van der Waals surface area contributed by atoms with Crippen molar-refractivity contribution in [3.8, 4) is 17.1 Å². The Bertz CT molecular complexity index is 653. The maximum absolute atomic E-state index is 12.3. The highest BCUT2D eigenvalue weighted by Crippen LogP contribution is 2.39. The fraction of sp³-hybridized carbons (Fsp3) is 0.154. The summed E-state index contributed by atoms with van der Waals surface area (Å²) in [6.45, 7) is 2.25. The summed E-state index contributed by atoms with van der Waals surface area (Å²) < 4.78 is 5.38. The molecule has 0 radical (unpaired) electrons. The van der Waals surface area contributed by atoms with E-state index in [1.807, 2.05) is 25.1 Å². The van der Waals surface area contributed by atoms with Crippen LogP contribution < -0.4 is 10.5 Å². The lowest BCUT2D eigenvalue weighted by Gasteiger charge is -2.07. The Labute approximate surface area is 104 Å². The first-order chi connectivity index (χ1) is 8.72. The minimum Gasteiger partial charge on any atom is -0.477 e. The Balaban J connectivity index is 2.30. The molecular weight excluding hydrogens is 230 g/mol. The number of ketones is 1. The van der Waals surface area contributed by atoms with Gasteiger partial charge in [-0.2, -0.15) is 4.98 Å². The Kier molecular flexibility index (Phi) is 2.26. The summed E-state index contributed by atoms with van der Waals surface area (Å²) in [7, 11) is 0. The summed E-state index contributed by atoms with van der Waals surface area (Å²) in [5, 5.41) is 0. The molecule has 2 aromatic rings. The van der Waals surface area contributed by atoms with Gasteiger partial charge in [0, 0.05) is 11.1 Å². The molecule has 0 bridgehead atoms. The van der Waals surface area contributed by atoms with Crippen LogP contribution in [0.3, 0.4) is 0 Å². The van der Waals surface area contributed by atoms with Crippen molar-refractivity contribution in [2.75, 3.05) is 12.3 Å². The molecule has 0 atom stereocenters. The van der Waals surface area contributed by atoms with E-state index in [9.17, 15) is 4.79 Å². The highest BCUT2D eigenvalue weighted by Gasteiger charge is 2.32. The van der Waals surface area contributed by atoms with E-state index >= 15 is 0 Å². The molecule has 0 unspecified atom stereocenters. The average Bonchev–Trinajstić information content (AvgIpc) is 2.64. The van der Waals surface area contributed by atoms with Gasteiger partial charge in [-0.1, -0.05) is 24.3 Å². The lowest BCUT2D eigenvalue weighted by atomic mass is 10.1. The van der Waals surface area contributed by atoms with Gasteiger partial charge in [0.15, 0.2) is 0 Å². The lowest BCUT2D eigenvalue weighted by Crippen LogP contribution is -2.07. The van der Waals surface area contributed by atoms with Gasteiger partial charge >= 0.3 is 0 Å². The number of hydrogen-bond donors (Lipinski definition) is 1. The SMILES string of the molecule is CCOc1nc(N)nc2c1C(=O)c1ccccc1-2. The van der Waals surface area contributed by atoms with E-state index in [4.69, 9.17) is 10.5 Å². The molecular formula is C13H11N3O2. The van der Waals surface area contributed by atoms with Crippen molar-refractivity contribution in [1.29, 1.82) is 0 Å². The number of carbonyl (C=O) groups is 1. The largest absolute Gasteiger partial charge is 0.477 e. The maximum Gasteiger partial charge on any atom is 0.230 e. The Hall–Kier alpha value is -2.43. The predicted molar refractivity (Wildman–Crippen MR) is 66.5 cm³/mol. The van der Waals surface area contributed by atoms with Crippen molar-refractivity contribution in [3.05, 3.63) is 35.4 Å². The quantitative estimate of drug-likeness (QED) is 0.738. The number of nitrogens with zero attached hydrogens (tertiary/aromatic N) is 2. The predicted octanol–water partition coefficient (Wildman–Crippen LogP) is 1.67. The van der Waals surface area contributed by atoms with Crippen molar-refractivity contribution in [3.63, 3.8) is 0 Å². The third kappa shape index (κ3) is 1.37. The molecule has 0 spiro atoms. The van der Waals surface area contributed by atoms with E-state index in [-0.39, 0.29) is 17.6 Å². The van der Waals surface area contributed by atoms with E-state index in [0.717, 1.165) is 5.56 Å². The van der Waals surface area contributed by atoms with E-state index in [2.05, 4.69) is 9.97 Å². The fourth-order valence-electron chi connectivity index (χ4n) is 2.12. The molecule has 1 aliphatic rings. The first-order valence-corrected chi connectivity index (χ1v) is 5.66. The summed E-state index contributed by atoms with van der Waals surface area (Å²) in [4.78, 5) is 20.4. The maximum atomic E-state index is 12.3. The van der Waals surface area contributed by atoms with Gasteiger partial charge in [-0.25, -0.2) is 4.98 Å². The van der Waals surface area contributed by atoms with Gasteiger partial charge in [0.05, 0.1) is 12.3 Å². The van der Waals surface area contributed by atoms with E-state index in [0.29, 0.717) is 23.4 Å². The number of hydrogen-bond acceptors (Lipinski definition) is 5. The number of ether oxygens (including phenoxy) is 1. The van der Waals surface area contributed by atoms with E-state index in [1.165, 1.54) is 0 Å². The number of carbonyl (C=O) groups excluding carboxylic acids is 1. The minimum atomic E-state index is -0.107. The molecule has 5 nitrogen and oxygen atoms in total. The molecule has 0 amide bonds. The van der Waals surface area contributed by atoms with Crippen LogP contribution in [0.2, 0.25) is 0 Å². The van der Waals surface area contributed by atoms with Crippen LogP contribution in [0.1, 0.15) is 22.8 Å². The Morgan fingerprint density at radius 2 is 1.94 bits per heavy atom. The van der Waals surface area contributed by atoms with Gasteiger partial charge < -0.3 is 10.5 Å². The third-order valence-corrected chi connectivity index (χ3v) is 2.83. The molecule has 0 aliphatic heterocycles. The number of nitrogens with two attached hydrogens (primary N) is 1. The van der Waals surface area contributed by atoms with Gasteiger partial charge in [0.1, 0.15) is 5.56 Å². The van der Waals surface area contributed by atoms with Gasteiger partial charge in [0.25, 0.3) is 0 Å². The molecule has 0 saturated heterocycles. The number of aromatic nitrogens is 2. The Morgan fingerprint density at radius 3 is 2.67 bits per heavy atom. The lowest BCUT2D eigenvalue weighted by molar-refractivity contribution is 0.103. The molecule has 1 aromatic heterocycles. The van der Waals surface area contributed by atoms with Crippen LogP contribution in [0, 0.1) is 0 Å². The summed E-state index contributed by atoms with van der Waals surface area (Å²) >= 11 is 0. The van der Waals surface area contributed by atoms with Gasteiger partial charge in [0.2, 0.25) is 17.6 Å². The molecule has 1 aliphatic carbocycles. The zero-order valence-electron chi connectivity index (χ0n) is 9.80. The summed E-state index contributed by atoms with van der Waals surface area (Å²) in [6.07, 6.45) is 0. The van der Waals surface area contributed by atoms with E-state index in [1.54, 1.807) is 6.07 Å². The van der Waals surface area contributed by atoms with Crippen LogP contribution in [-0.4, -0.2) is 22.4 Å². The number of benzene rings is 1. The monoisotopic (exact) mass is 241 g/mol. The normalized spacial score (nSPS) is 12.2. The first kappa shape index (κ1) is 10.7. The Morgan fingerprint density at radius 1 is 1.22 bits per heavy atom. The standard InChI is InChI=1S/C13H11N3O2/c1-2-18-12-9-10(15-13(14)16-12)7-5-3-4-6-8(7)11(9)17/h3-6H,2H2,1H3,(H2,14,15,16). The van der Waals surface area contributed by atoms with Crippen LogP contribution in [0.15, 0.2) is 24.3 Å². The zero-order valence-corrected chi connectivity index (χ0v) is 9.80. The van der Waals surface area contributed by atoms with Crippen LogP contribution in [0.4, 0.5) is 5.95 Å². The number of anilines is 1. The second-order valence-corrected chi connectivity index (χ2v) is 3.92. The molecule has 0 saturated carbocycles. The van der Waals surface area contributed by atoms with Crippen molar-refractivity contribution < 1.29 is 9.53 Å². The number of fused-ring (bicyclic) bond motifs is 3. The smallest absolute Gasteiger partial charge is 0.230 e. The van der Waals surface area contributed by atoms with E-state index < -0.39 is 0 Å². The summed E-state index contributed by atoms with van der Waals surface area (Å²) in [6, 6.07) is 7.30. The second-order valence-electron chi connectivity index (χ2n) is 3.92. The van der Waals surface area contributed by atoms with Crippen molar-refractivity contribution in [1.82, 2.24) is 9.97 Å². The molecule has 90 valence electrons. The third-order valence-electron chi connectivity index (χ3n) is 2.83. The summed E-state index contributed by atoms with van der Waals surface area (Å²) in [5.74, 6) is 0.270. The van der Waals surface area contributed by atoms with Gasteiger partial charge in [-0.15, -0.1) is 0 Å². The minimum absolute atomic E-state index is 0.107. The van der Waals surface area contributed by atoms with Crippen molar-refractivity contribution in [2.24, 2.45) is 0 Å². The molecule has 2 N–H and O–H groups in total. The molecule has 3 rings (SSSR count). The van der Waals surface area contributed by atoms with Crippen LogP contribution in [0.25, 0.3) is 11.3 Å². The van der Waals surface area contributed by atoms with Crippen LogP contribution in [-0.2, 0) is 0 Å². The molecule has 18 heavy (non-hydrogen) atoms. The topological polar surface area (TPSA) is 78.1 Å². The van der Waals surface area contributed by atoms with Crippen LogP contribution in [0.5, 0.6) is 5.88 Å². The zero-order chi connectivity index (χ0) is 12.7. The second kappa shape index (κ2) is 3.80. The average molecular weight is 241 g/mol. The molecule has 5 heteroatoms. The van der Waals surface area contributed by atoms with Crippen molar-refractivity contribution >= 4 is 11.7 Å². The molecule has 0 fully saturated rings. The highest BCUT2D eigenvalue weighted by molar-refractivity contribution is 6.22. The van der Waals surface area contributed by atoms with Crippen molar-refractivity contribution in [2.45, 2.75) is 6.92 Å². The van der Waals surface area contributed by atoms with Crippen LogP contribution >= 0.6 is 0 Å². The number of nitrogen functional groups attached to an aromatic ring is 1. The molecule has 1 aromatic carbocycles. The molecule has 1 heterocycles. The fourth-order valence-corrected chi connectivity index (χ4v) is 2.12.